The maximum absolute atomic E-state index is 12.2. The van der Waals surface area contributed by atoms with Crippen molar-refractivity contribution in [3.05, 3.63) is 46.2 Å². The molecule has 0 aliphatic heterocycles. The number of pyridine rings is 1. The van der Waals surface area contributed by atoms with Crippen molar-refractivity contribution in [3.63, 3.8) is 0 Å². The van der Waals surface area contributed by atoms with Gasteiger partial charge in [0.2, 0.25) is 11.3 Å². The number of halogens is 1. The zero-order valence-electron chi connectivity index (χ0n) is 12.4. The summed E-state index contributed by atoms with van der Waals surface area (Å²) in [5.74, 6) is -0.903. The Morgan fingerprint density at radius 3 is 2.65 bits per heavy atom. The first-order chi connectivity index (χ1) is 10.6. The first-order valence-corrected chi connectivity index (χ1v) is 6.99. The van der Waals surface area contributed by atoms with Gasteiger partial charge in [0.15, 0.2) is 0 Å². The third kappa shape index (κ3) is 4.80. The first-order valence-electron chi connectivity index (χ1n) is 6.99. The van der Waals surface area contributed by atoms with E-state index in [0.29, 0.717) is 30.4 Å². The van der Waals surface area contributed by atoms with Crippen LogP contribution in [0, 0.1) is 0 Å². The fourth-order valence-corrected chi connectivity index (χ4v) is 1.98. The maximum atomic E-state index is 12.2. The lowest BCUT2D eigenvalue weighted by molar-refractivity contribution is -0.120. The average molecular weight is 339 g/mol. The highest BCUT2D eigenvalue weighted by Gasteiger charge is 2.13. The Kier molecular flexibility index (Phi) is 7.24. The highest BCUT2D eigenvalue weighted by molar-refractivity contribution is 5.98. The second kappa shape index (κ2) is 8.92. The number of carbonyl (C=O) groups excluding carboxylic acids is 2. The van der Waals surface area contributed by atoms with Crippen LogP contribution in [0.3, 0.4) is 0 Å². The van der Waals surface area contributed by atoms with Crippen molar-refractivity contribution in [3.8, 4) is 0 Å². The van der Waals surface area contributed by atoms with Crippen molar-refractivity contribution < 1.29 is 9.59 Å². The van der Waals surface area contributed by atoms with Crippen LogP contribution in [0.25, 0.3) is 10.9 Å². The number of hydrogen-bond donors (Lipinski definition) is 4. The smallest absolute Gasteiger partial charge is 0.257 e. The SMILES string of the molecule is Cl.NCCCNC(=O)CNC(=O)c1c[nH]c2ccccc2c1=O. The Morgan fingerprint density at radius 1 is 1.17 bits per heavy atom. The Balaban J connectivity index is 0.00000264. The zero-order chi connectivity index (χ0) is 15.9. The van der Waals surface area contributed by atoms with Gasteiger partial charge in [-0.15, -0.1) is 12.4 Å². The van der Waals surface area contributed by atoms with E-state index in [1.165, 1.54) is 6.20 Å². The fraction of sp³-hybridized carbons (Fsp3) is 0.267. The number of nitrogens with one attached hydrogen (secondary N) is 3. The molecule has 0 bridgehead atoms. The molecule has 2 amide bonds. The van der Waals surface area contributed by atoms with Gasteiger partial charge in [0, 0.05) is 23.6 Å². The lowest BCUT2D eigenvalue weighted by atomic mass is 10.1. The maximum Gasteiger partial charge on any atom is 0.257 e. The molecule has 8 heteroatoms. The minimum Gasteiger partial charge on any atom is -0.360 e. The minimum absolute atomic E-state index is 0. The summed E-state index contributed by atoms with van der Waals surface area (Å²) in [6.07, 6.45) is 2.02. The van der Waals surface area contributed by atoms with E-state index in [0.717, 1.165) is 0 Å². The summed E-state index contributed by atoms with van der Waals surface area (Å²) in [5.41, 5.74) is 5.59. The van der Waals surface area contributed by atoms with Crippen LogP contribution in [0.15, 0.2) is 35.3 Å². The second-order valence-corrected chi connectivity index (χ2v) is 4.75. The van der Waals surface area contributed by atoms with E-state index in [-0.39, 0.29) is 35.9 Å². The number of amides is 2. The predicted octanol–water partition coefficient (Wildman–Crippen LogP) is 0.145. The number of rotatable bonds is 6. The Labute approximate surface area is 139 Å². The molecule has 0 saturated carbocycles. The Morgan fingerprint density at radius 2 is 1.91 bits per heavy atom. The molecular formula is C15H19ClN4O3. The Hall–Kier alpha value is -2.38. The van der Waals surface area contributed by atoms with Gasteiger partial charge < -0.3 is 21.4 Å². The van der Waals surface area contributed by atoms with Gasteiger partial charge in [-0.3, -0.25) is 14.4 Å². The largest absolute Gasteiger partial charge is 0.360 e. The monoisotopic (exact) mass is 338 g/mol. The molecular weight excluding hydrogens is 320 g/mol. The average Bonchev–Trinajstić information content (AvgIpc) is 2.53. The summed E-state index contributed by atoms with van der Waals surface area (Å²) >= 11 is 0. The van der Waals surface area contributed by atoms with E-state index in [1.54, 1.807) is 24.3 Å². The molecule has 0 aliphatic carbocycles. The van der Waals surface area contributed by atoms with Crippen LogP contribution in [0.1, 0.15) is 16.8 Å². The third-order valence-electron chi connectivity index (χ3n) is 3.15. The highest BCUT2D eigenvalue weighted by Crippen LogP contribution is 2.06. The highest BCUT2D eigenvalue weighted by atomic mass is 35.5. The van der Waals surface area contributed by atoms with E-state index >= 15 is 0 Å². The van der Waals surface area contributed by atoms with Crippen LogP contribution in [0.2, 0.25) is 0 Å². The second-order valence-electron chi connectivity index (χ2n) is 4.75. The van der Waals surface area contributed by atoms with Gasteiger partial charge in [0.05, 0.1) is 6.54 Å². The number of nitrogens with two attached hydrogens (primary N) is 1. The lowest BCUT2D eigenvalue weighted by Crippen LogP contribution is -2.39. The number of hydrogen-bond acceptors (Lipinski definition) is 4. The van der Waals surface area contributed by atoms with Crippen molar-refractivity contribution in [1.82, 2.24) is 15.6 Å². The molecule has 1 aromatic carbocycles. The molecule has 23 heavy (non-hydrogen) atoms. The van der Waals surface area contributed by atoms with Gasteiger partial charge in [-0.1, -0.05) is 12.1 Å². The molecule has 2 aromatic rings. The summed E-state index contributed by atoms with van der Waals surface area (Å²) < 4.78 is 0. The van der Waals surface area contributed by atoms with E-state index in [2.05, 4.69) is 15.6 Å². The van der Waals surface area contributed by atoms with Gasteiger partial charge in [-0.05, 0) is 25.1 Å². The number of aromatic nitrogens is 1. The summed E-state index contributed by atoms with van der Waals surface area (Å²) in [6, 6.07) is 6.92. The standard InChI is InChI=1S/C15H18N4O3.ClH/c16-6-3-7-17-13(20)9-19-15(22)11-8-18-12-5-2-1-4-10(12)14(11)21;/h1-2,4-5,8H,3,6-7,9,16H2,(H,17,20)(H,18,21)(H,19,22);1H. The molecule has 0 fully saturated rings. The molecule has 0 atom stereocenters. The molecule has 1 aromatic heterocycles. The van der Waals surface area contributed by atoms with Crippen molar-refractivity contribution in [2.45, 2.75) is 6.42 Å². The van der Waals surface area contributed by atoms with E-state index < -0.39 is 5.91 Å². The van der Waals surface area contributed by atoms with Gasteiger partial charge in [0.1, 0.15) is 5.56 Å². The van der Waals surface area contributed by atoms with Crippen LogP contribution in [-0.4, -0.2) is 36.4 Å². The number of H-pyrrole nitrogens is 1. The summed E-state index contributed by atoms with van der Waals surface area (Å²) in [6.45, 7) is 0.760. The molecule has 0 unspecified atom stereocenters. The summed E-state index contributed by atoms with van der Waals surface area (Å²) in [4.78, 5) is 38.6. The van der Waals surface area contributed by atoms with Crippen LogP contribution >= 0.6 is 12.4 Å². The van der Waals surface area contributed by atoms with Gasteiger partial charge in [-0.25, -0.2) is 0 Å². The third-order valence-corrected chi connectivity index (χ3v) is 3.15. The number of benzene rings is 1. The number of fused-ring (bicyclic) bond motifs is 1. The quantitative estimate of drug-likeness (QED) is 0.560. The number of para-hydroxylation sites is 1. The predicted molar refractivity (Wildman–Crippen MR) is 90.8 cm³/mol. The summed E-state index contributed by atoms with van der Waals surface area (Å²) in [7, 11) is 0. The van der Waals surface area contributed by atoms with Crippen LogP contribution in [0.5, 0.6) is 0 Å². The Bertz CT molecular complexity index is 745. The molecule has 124 valence electrons. The number of aromatic amines is 1. The molecule has 0 radical (unpaired) electrons. The van der Waals surface area contributed by atoms with Crippen LogP contribution in [-0.2, 0) is 4.79 Å². The lowest BCUT2D eigenvalue weighted by Gasteiger charge is -2.07. The topological polar surface area (TPSA) is 117 Å². The van der Waals surface area contributed by atoms with E-state index in [1.807, 2.05) is 0 Å². The van der Waals surface area contributed by atoms with E-state index in [4.69, 9.17) is 5.73 Å². The van der Waals surface area contributed by atoms with E-state index in [9.17, 15) is 14.4 Å². The number of carbonyl (C=O) groups is 2. The van der Waals surface area contributed by atoms with Crippen molar-refractivity contribution in [1.29, 1.82) is 0 Å². The van der Waals surface area contributed by atoms with Crippen molar-refractivity contribution in [2.24, 2.45) is 5.73 Å². The first kappa shape index (κ1) is 18.7. The van der Waals surface area contributed by atoms with Gasteiger partial charge >= 0.3 is 0 Å². The fourth-order valence-electron chi connectivity index (χ4n) is 1.98. The van der Waals surface area contributed by atoms with Crippen molar-refractivity contribution in [2.75, 3.05) is 19.6 Å². The van der Waals surface area contributed by atoms with Crippen LogP contribution in [0.4, 0.5) is 0 Å². The molecule has 1 heterocycles. The van der Waals surface area contributed by atoms with Crippen LogP contribution < -0.4 is 21.8 Å². The molecule has 0 aliphatic rings. The van der Waals surface area contributed by atoms with Crippen molar-refractivity contribution >= 4 is 35.1 Å². The van der Waals surface area contributed by atoms with Gasteiger partial charge in [-0.2, -0.15) is 0 Å². The molecule has 0 spiro atoms. The van der Waals surface area contributed by atoms with Gasteiger partial charge in [0.25, 0.3) is 5.91 Å². The molecule has 5 N–H and O–H groups in total. The summed E-state index contributed by atoms with van der Waals surface area (Å²) in [5, 5.41) is 5.48. The molecule has 0 saturated heterocycles. The molecule has 2 rings (SSSR count). The molecule has 7 nitrogen and oxygen atoms in total. The minimum atomic E-state index is -0.582. The normalized spacial score (nSPS) is 9.96. The zero-order valence-corrected chi connectivity index (χ0v) is 13.2.